The first-order chi connectivity index (χ1) is 6.13. The van der Waals surface area contributed by atoms with E-state index >= 15 is 0 Å². The number of carbonyl (C=O) groups excluding carboxylic acids is 1. The van der Waals surface area contributed by atoms with Crippen molar-refractivity contribution in [3.05, 3.63) is 35.9 Å². The van der Waals surface area contributed by atoms with Crippen molar-refractivity contribution in [1.82, 2.24) is 0 Å². The van der Waals surface area contributed by atoms with Crippen LogP contribution >= 0.6 is 12.4 Å². The molecule has 0 bridgehead atoms. The molecule has 1 N–H and O–H groups in total. The first-order valence-corrected chi connectivity index (χ1v) is 3.63. The lowest BCUT2D eigenvalue weighted by molar-refractivity contribution is -0.134. The molecule has 0 heterocycles. The van der Waals surface area contributed by atoms with Gasteiger partial charge in [-0.3, -0.25) is 4.79 Å². The monoisotopic (exact) mass is 218 g/mol. The summed E-state index contributed by atoms with van der Waals surface area (Å²) in [6.45, 7) is 5.17. The Morgan fingerprint density at radius 2 is 1.50 bits per heavy atom. The molecular weight excluding hydrogens is 204 g/mol. The maximum absolute atomic E-state index is 9.00. The van der Waals surface area contributed by atoms with E-state index < -0.39 is 5.97 Å². The molecule has 1 aromatic rings. The molecule has 0 aliphatic carbocycles. The van der Waals surface area contributed by atoms with Gasteiger partial charge in [-0.05, 0) is 6.92 Å². The molecule has 0 aromatic heterocycles. The van der Waals surface area contributed by atoms with Crippen molar-refractivity contribution in [2.75, 3.05) is 0 Å². The van der Waals surface area contributed by atoms with E-state index in [1.165, 1.54) is 5.56 Å². The number of rotatable bonds is 0. The van der Waals surface area contributed by atoms with E-state index in [0.717, 1.165) is 6.92 Å². The maximum atomic E-state index is 9.00. The van der Waals surface area contributed by atoms with E-state index in [9.17, 15) is 0 Å². The van der Waals surface area contributed by atoms with Crippen LogP contribution in [-0.2, 0) is 9.59 Å². The first kappa shape index (κ1) is 18.4. The van der Waals surface area contributed by atoms with Crippen molar-refractivity contribution < 1.29 is 14.7 Å². The van der Waals surface area contributed by atoms with Gasteiger partial charge >= 0.3 is 0 Å². The molecule has 0 saturated carbocycles. The highest BCUT2D eigenvalue weighted by atomic mass is 35.5. The zero-order chi connectivity index (χ0) is 10.7. The van der Waals surface area contributed by atoms with E-state index in [2.05, 4.69) is 19.1 Å². The second-order valence-corrected chi connectivity index (χ2v) is 2.17. The summed E-state index contributed by atoms with van der Waals surface area (Å²) in [7, 11) is 0. The van der Waals surface area contributed by atoms with E-state index in [1.807, 2.05) is 25.0 Å². The Hall–Kier alpha value is -1.35. The van der Waals surface area contributed by atoms with Crippen molar-refractivity contribution >= 4 is 25.2 Å². The molecule has 14 heavy (non-hydrogen) atoms. The van der Waals surface area contributed by atoms with Crippen LogP contribution in [0.25, 0.3) is 0 Å². The van der Waals surface area contributed by atoms with Gasteiger partial charge in [0.25, 0.3) is 5.97 Å². The molecule has 0 aliphatic heterocycles. The molecule has 0 radical (unpaired) electrons. The lowest BCUT2D eigenvalue weighted by atomic mass is 10.2. The Labute approximate surface area is 90.2 Å². The van der Waals surface area contributed by atoms with Crippen molar-refractivity contribution in [2.24, 2.45) is 0 Å². The topological polar surface area (TPSA) is 54.4 Å². The summed E-state index contributed by atoms with van der Waals surface area (Å²) in [6.07, 6.45) is 0. The number of aryl methyl sites for hydroxylation is 1. The highest BCUT2D eigenvalue weighted by molar-refractivity contribution is 5.85. The summed E-state index contributed by atoms with van der Waals surface area (Å²) >= 11 is 0. The molecular formula is C10H15ClO3. The Morgan fingerprint density at radius 3 is 1.64 bits per heavy atom. The molecule has 80 valence electrons. The number of hydrogen-bond acceptors (Lipinski definition) is 2. The average Bonchev–Trinajstić information content (AvgIpc) is 2.08. The Morgan fingerprint density at radius 1 is 1.21 bits per heavy atom. The van der Waals surface area contributed by atoms with Gasteiger partial charge in [0.15, 0.2) is 0 Å². The Bertz CT molecular complexity index is 220. The predicted octanol–water partition coefficient (Wildman–Crippen LogP) is 2.32. The van der Waals surface area contributed by atoms with Crippen LogP contribution in [0.2, 0.25) is 0 Å². The van der Waals surface area contributed by atoms with Gasteiger partial charge in [-0.15, -0.1) is 12.4 Å². The second kappa shape index (κ2) is 14.2. The fraction of sp³-hybridized carbons (Fsp3) is 0.200. The zero-order valence-corrected chi connectivity index (χ0v) is 9.08. The standard InChI is InChI=1S/C7H8.C2H4O2.CH2O.ClH/c1-7-5-3-2-4-6-7;1-2(3)4;1-2;/h2-6H,1H3;1H3,(H,3,4);1H2;1H. The summed E-state index contributed by atoms with van der Waals surface area (Å²) in [5, 5.41) is 7.42. The van der Waals surface area contributed by atoms with Crippen LogP contribution < -0.4 is 0 Å². The third kappa shape index (κ3) is 22.4. The van der Waals surface area contributed by atoms with Gasteiger partial charge < -0.3 is 9.90 Å². The molecule has 0 saturated heterocycles. The van der Waals surface area contributed by atoms with Crippen molar-refractivity contribution in [2.45, 2.75) is 13.8 Å². The third-order valence-corrected chi connectivity index (χ3v) is 0.940. The van der Waals surface area contributed by atoms with Crippen LogP contribution in [0, 0.1) is 6.92 Å². The summed E-state index contributed by atoms with van der Waals surface area (Å²) in [6, 6.07) is 10.3. The third-order valence-electron chi connectivity index (χ3n) is 0.940. The SMILES string of the molecule is C=O.CC(=O)O.Cc1ccccc1.Cl. The smallest absolute Gasteiger partial charge is 0.300 e. The number of carboxylic acid groups (broad SMARTS) is 1. The van der Waals surface area contributed by atoms with Crippen LogP contribution in [0.1, 0.15) is 12.5 Å². The number of aliphatic carboxylic acids is 1. The molecule has 0 fully saturated rings. The van der Waals surface area contributed by atoms with Crippen molar-refractivity contribution in [1.29, 1.82) is 0 Å². The predicted molar refractivity (Wildman–Crippen MR) is 58.9 cm³/mol. The van der Waals surface area contributed by atoms with E-state index in [-0.39, 0.29) is 12.4 Å². The Kier molecular flexibility index (Phi) is 18.7. The minimum Gasteiger partial charge on any atom is -0.481 e. The fourth-order valence-electron chi connectivity index (χ4n) is 0.534. The lowest BCUT2D eigenvalue weighted by Crippen LogP contribution is -1.78. The maximum Gasteiger partial charge on any atom is 0.300 e. The van der Waals surface area contributed by atoms with Gasteiger partial charge in [-0.1, -0.05) is 35.9 Å². The van der Waals surface area contributed by atoms with E-state index in [1.54, 1.807) is 0 Å². The van der Waals surface area contributed by atoms with Crippen LogP contribution in [0.3, 0.4) is 0 Å². The fourth-order valence-corrected chi connectivity index (χ4v) is 0.534. The second-order valence-electron chi connectivity index (χ2n) is 2.17. The van der Waals surface area contributed by atoms with E-state index in [4.69, 9.17) is 14.7 Å². The summed E-state index contributed by atoms with van der Waals surface area (Å²) in [5.41, 5.74) is 1.32. The number of benzene rings is 1. The van der Waals surface area contributed by atoms with Gasteiger partial charge in [0.2, 0.25) is 0 Å². The molecule has 0 atom stereocenters. The van der Waals surface area contributed by atoms with Gasteiger partial charge in [0.05, 0.1) is 0 Å². The number of halogens is 1. The number of carbonyl (C=O) groups is 2. The minimum absolute atomic E-state index is 0. The minimum atomic E-state index is -0.833. The summed E-state index contributed by atoms with van der Waals surface area (Å²) in [5.74, 6) is -0.833. The molecule has 0 amide bonds. The number of carboxylic acids is 1. The molecule has 4 heteroatoms. The quantitative estimate of drug-likeness (QED) is 0.727. The van der Waals surface area contributed by atoms with E-state index in [0.29, 0.717) is 0 Å². The normalized spacial score (nSPS) is 6.43. The summed E-state index contributed by atoms with van der Waals surface area (Å²) < 4.78 is 0. The number of hydrogen-bond donors (Lipinski definition) is 1. The molecule has 0 aliphatic rings. The molecule has 1 aromatic carbocycles. The van der Waals surface area contributed by atoms with Gasteiger partial charge in [0.1, 0.15) is 6.79 Å². The Balaban J connectivity index is -0.000000152. The molecule has 0 spiro atoms. The van der Waals surface area contributed by atoms with Crippen molar-refractivity contribution in [3.63, 3.8) is 0 Å². The molecule has 3 nitrogen and oxygen atoms in total. The van der Waals surface area contributed by atoms with Crippen LogP contribution in [0.5, 0.6) is 0 Å². The van der Waals surface area contributed by atoms with Crippen LogP contribution in [-0.4, -0.2) is 17.9 Å². The molecule has 1 rings (SSSR count). The largest absolute Gasteiger partial charge is 0.481 e. The van der Waals surface area contributed by atoms with Gasteiger partial charge in [0, 0.05) is 6.92 Å². The highest BCUT2D eigenvalue weighted by Crippen LogP contribution is 1.92. The van der Waals surface area contributed by atoms with Crippen LogP contribution in [0.4, 0.5) is 0 Å². The molecule has 0 unspecified atom stereocenters. The first-order valence-electron chi connectivity index (χ1n) is 3.63. The summed E-state index contributed by atoms with van der Waals surface area (Å²) in [4.78, 5) is 17.0. The average molecular weight is 219 g/mol. The van der Waals surface area contributed by atoms with Gasteiger partial charge in [-0.25, -0.2) is 0 Å². The van der Waals surface area contributed by atoms with Gasteiger partial charge in [-0.2, -0.15) is 0 Å². The van der Waals surface area contributed by atoms with Crippen LogP contribution in [0.15, 0.2) is 30.3 Å². The zero-order valence-electron chi connectivity index (χ0n) is 8.27. The lowest BCUT2D eigenvalue weighted by Gasteiger charge is -1.82. The highest BCUT2D eigenvalue weighted by Gasteiger charge is 1.72. The van der Waals surface area contributed by atoms with Crippen molar-refractivity contribution in [3.8, 4) is 0 Å².